The first kappa shape index (κ1) is 17.5. The summed E-state index contributed by atoms with van der Waals surface area (Å²) in [5.41, 5.74) is -0.633. The molecule has 0 aromatic carbocycles. The number of carbonyl (C=O) groups excluding carboxylic acids is 1. The average Bonchev–Trinajstić information content (AvgIpc) is 2.90. The Morgan fingerprint density at radius 2 is 1.96 bits per heavy atom. The number of fused-ring (bicyclic) bond motifs is 1. The van der Waals surface area contributed by atoms with Crippen molar-refractivity contribution in [3.63, 3.8) is 0 Å². The van der Waals surface area contributed by atoms with Crippen molar-refractivity contribution in [2.75, 3.05) is 13.1 Å². The van der Waals surface area contributed by atoms with Crippen LogP contribution in [-0.2, 0) is 14.9 Å². The van der Waals surface area contributed by atoms with E-state index >= 15 is 0 Å². The van der Waals surface area contributed by atoms with Gasteiger partial charge in [-0.15, -0.1) is 11.3 Å². The van der Waals surface area contributed by atoms with Gasteiger partial charge >= 0.3 is 5.97 Å². The van der Waals surface area contributed by atoms with E-state index in [1.807, 2.05) is 0 Å². The molecule has 1 saturated heterocycles. The Morgan fingerprint density at radius 1 is 1.20 bits per heavy atom. The van der Waals surface area contributed by atoms with E-state index in [0.29, 0.717) is 5.92 Å². The van der Waals surface area contributed by atoms with Crippen molar-refractivity contribution in [2.24, 2.45) is 11.8 Å². The molecule has 4 heteroatoms. The number of esters is 1. The third-order valence-electron chi connectivity index (χ3n) is 7.01. The van der Waals surface area contributed by atoms with Crippen LogP contribution in [0.2, 0.25) is 0 Å². The second kappa shape index (κ2) is 7.03. The van der Waals surface area contributed by atoms with E-state index in [9.17, 15) is 4.79 Å². The highest BCUT2D eigenvalue weighted by Gasteiger charge is 2.55. The van der Waals surface area contributed by atoms with Crippen LogP contribution in [0.3, 0.4) is 0 Å². The van der Waals surface area contributed by atoms with Crippen LogP contribution in [-0.4, -0.2) is 24.7 Å². The molecule has 1 aliphatic heterocycles. The Bertz CT molecular complexity index is 591. The quantitative estimate of drug-likeness (QED) is 0.628. The van der Waals surface area contributed by atoms with Crippen LogP contribution in [0, 0.1) is 11.8 Å². The standard InChI is InChI=1S/C21H31NO2S/c1-20(15-16-8-12-22-13-9-17(16)20)24-19(23)21(18-7-6-14-25-18)10-4-2-3-5-11-21/h6-7,14,16-17,22H,2-5,8-13,15H2,1H3/t16?,17?,20-/m0/s1. The topological polar surface area (TPSA) is 38.3 Å². The average molecular weight is 362 g/mol. The summed E-state index contributed by atoms with van der Waals surface area (Å²) in [6.07, 6.45) is 10.1. The summed E-state index contributed by atoms with van der Waals surface area (Å²) in [6, 6.07) is 4.23. The molecule has 1 aromatic rings. The Labute approximate surface area is 155 Å². The number of hydrogen-bond donors (Lipinski definition) is 1. The zero-order chi connectivity index (χ0) is 17.3. The summed E-state index contributed by atoms with van der Waals surface area (Å²) < 4.78 is 6.36. The van der Waals surface area contributed by atoms with E-state index in [1.165, 1.54) is 24.1 Å². The normalized spacial score (nSPS) is 34.9. The lowest BCUT2D eigenvalue weighted by molar-refractivity contribution is -0.198. The number of nitrogens with one attached hydrogen (secondary N) is 1. The third kappa shape index (κ3) is 3.16. The van der Waals surface area contributed by atoms with Crippen molar-refractivity contribution in [1.29, 1.82) is 0 Å². The Hall–Kier alpha value is -0.870. The lowest BCUT2D eigenvalue weighted by atomic mass is 9.60. The maximum absolute atomic E-state index is 13.5. The highest BCUT2D eigenvalue weighted by molar-refractivity contribution is 7.10. The Morgan fingerprint density at radius 3 is 2.68 bits per heavy atom. The number of ether oxygens (including phenoxy) is 1. The summed E-state index contributed by atoms with van der Waals surface area (Å²) in [4.78, 5) is 14.7. The van der Waals surface area contributed by atoms with Crippen molar-refractivity contribution in [3.05, 3.63) is 22.4 Å². The molecule has 2 aliphatic carbocycles. The Balaban J connectivity index is 1.55. The van der Waals surface area contributed by atoms with Crippen molar-refractivity contribution in [1.82, 2.24) is 5.32 Å². The van der Waals surface area contributed by atoms with Gasteiger partial charge in [-0.05, 0) is 69.5 Å². The van der Waals surface area contributed by atoms with Crippen LogP contribution < -0.4 is 5.32 Å². The molecular formula is C21H31NO2S. The van der Waals surface area contributed by atoms with E-state index in [2.05, 4.69) is 29.8 Å². The van der Waals surface area contributed by atoms with Gasteiger partial charge in [0.15, 0.2) is 0 Å². The van der Waals surface area contributed by atoms with Crippen LogP contribution in [0.25, 0.3) is 0 Å². The van der Waals surface area contributed by atoms with Crippen molar-refractivity contribution in [2.45, 2.75) is 75.7 Å². The Kier molecular flexibility index (Phi) is 4.93. The molecule has 1 N–H and O–H groups in total. The predicted molar refractivity (Wildman–Crippen MR) is 102 cm³/mol. The number of rotatable bonds is 3. The second-order valence-electron chi connectivity index (χ2n) is 8.57. The van der Waals surface area contributed by atoms with Crippen molar-refractivity contribution < 1.29 is 9.53 Å². The molecule has 3 nitrogen and oxygen atoms in total. The number of hydrogen-bond acceptors (Lipinski definition) is 4. The minimum absolute atomic E-state index is 0.0648. The molecule has 0 spiro atoms. The second-order valence-corrected chi connectivity index (χ2v) is 9.52. The summed E-state index contributed by atoms with van der Waals surface area (Å²) in [6.45, 7) is 4.37. The lowest BCUT2D eigenvalue weighted by Crippen LogP contribution is -2.56. The molecule has 1 aromatic heterocycles. The van der Waals surface area contributed by atoms with Gasteiger partial charge < -0.3 is 10.1 Å². The molecule has 0 radical (unpaired) electrons. The zero-order valence-electron chi connectivity index (χ0n) is 15.4. The molecule has 25 heavy (non-hydrogen) atoms. The largest absolute Gasteiger partial charge is 0.458 e. The monoisotopic (exact) mass is 361 g/mol. The van der Waals surface area contributed by atoms with Crippen LogP contribution in [0.4, 0.5) is 0 Å². The van der Waals surface area contributed by atoms with E-state index in [0.717, 1.165) is 57.5 Å². The van der Waals surface area contributed by atoms with Crippen LogP contribution in [0.1, 0.15) is 69.6 Å². The van der Waals surface area contributed by atoms with Gasteiger partial charge in [-0.2, -0.15) is 0 Å². The molecule has 3 aliphatic rings. The molecule has 3 atom stereocenters. The molecule has 0 amide bonds. The fourth-order valence-electron chi connectivity index (χ4n) is 5.53. The minimum atomic E-state index is -0.387. The van der Waals surface area contributed by atoms with Crippen LogP contribution >= 0.6 is 11.3 Å². The first-order valence-electron chi connectivity index (χ1n) is 10.1. The van der Waals surface area contributed by atoms with E-state index < -0.39 is 0 Å². The highest BCUT2D eigenvalue weighted by atomic mass is 32.1. The summed E-state index contributed by atoms with van der Waals surface area (Å²) in [5, 5.41) is 5.61. The summed E-state index contributed by atoms with van der Waals surface area (Å²) in [7, 11) is 0. The highest BCUT2D eigenvalue weighted by Crippen LogP contribution is 2.52. The SMILES string of the molecule is C[C@]1(OC(=O)C2(c3cccs3)CCCCCC2)CC2CCNCCC21. The fourth-order valence-corrected chi connectivity index (χ4v) is 6.50. The van der Waals surface area contributed by atoms with Gasteiger partial charge in [-0.25, -0.2) is 0 Å². The van der Waals surface area contributed by atoms with Crippen molar-refractivity contribution >= 4 is 17.3 Å². The van der Waals surface area contributed by atoms with Gasteiger partial charge in [0, 0.05) is 10.8 Å². The molecule has 2 heterocycles. The van der Waals surface area contributed by atoms with E-state index in [1.54, 1.807) is 11.3 Å². The lowest BCUT2D eigenvalue weighted by Gasteiger charge is -2.53. The van der Waals surface area contributed by atoms with Gasteiger partial charge in [0.2, 0.25) is 0 Å². The van der Waals surface area contributed by atoms with Gasteiger partial charge in [-0.1, -0.05) is 31.7 Å². The third-order valence-corrected chi connectivity index (χ3v) is 8.09. The zero-order valence-corrected chi connectivity index (χ0v) is 16.2. The molecule has 4 rings (SSSR count). The molecule has 2 unspecified atom stereocenters. The fraction of sp³-hybridized carbons (Fsp3) is 0.762. The van der Waals surface area contributed by atoms with Gasteiger partial charge in [0.05, 0.1) is 0 Å². The summed E-state index contributed by atoms with van der Waals surface area (Å²) >= 11 is 1.73. The predicted octanol–water partition coefficient (Wildman–Crippen LogP) is 4.66. The summed E-state index contributed by atoms with van der Waals surface area (Å²) in [5.74, 6) is 1.34. The van der Waals surface area contributed by atoms with E-state index in [-0.39, 0.29) is 17.0 Å². The van der Waals surface area contributed by atoms with Crippen LogP contribution in [0.15, 0.2) is 17.5 Å². The number of carbonyl (C=O) groups is 1. The van der Waals surface area contributed by atoms with Gasteiger partial charge in [0.25, 0.3) is 0 Å². The molecule has 138 valence electrons. The molecular weight excluding hydrogens is 330 g/mol. The molecule has 3 fully saturated rings. The van der Waals surface area contributed by atoms with Gasteiger partial charge in [0.1, 0.15) is 11.0 Å². The minimum Gasteiger partial charge on any atom is -0.458 e. The maximum atomic E-state index is 13.5. The maximum Gasteiger partial charge on any atom is 0.317 e. The smallest absolute Gasteiger partial charge is 0.317 e. The van der Waals surface area contributed by atoms with E-state index in [4.69, 9.17) is 4.74 Å². The molecule has 0 bridgehead atoms. The number of thiophene rings is 1. The van der Waals surface area contributed by atoms with Crippen molar-refractivity contribution in [3.8, 4) is 0 Å². The van der Waals surface area contributed by atoms with Crippen LogP contribution in [0.5, 0.6) is 0 Å². The molecule has 2 saturated carbocycles. The van der Waals surface area contributed by atoms with Gasteiger partial charge in [-0.3, -0.25) is 4.79 Å². The first-order valence-corrected chi connectivity index (χ1v) is 11.0. The first-order chi connectivity index (χ1) is 12.1.